The van der Waals surface area contributed by atoms with Crippen LogP contribution in [0.5, 0.6) is 0 Å². The van der Waals surface area contributed by atoms with E-state index in [0.29, 0.717) is 19.3 Å². The molecule has 2 saturated heterocycles. The van der Waals surface area contributed by atoms with Crippen molar-refractivity contribution in [2.75, 3.05) is 26.4 Å². The number of ether oxygens (including phenoxy) is 7. The quantitative estimate of drug-likeness (QED) is 0.00512. The highest BCUT2D eigenvalue weighted by molar-refractivity contribution is 7.47. The monoisotopic (exact) mass is 1450 g/mol. The lowest BCUT2D eigenvalue weighted by molar-refractivity contribution is -0.360. The van der Waals surface area contributed by atoms with Gasteiger partial charge in [0.25, 0.3) is 0 Å². The van der Waals surface area contributed by atoms with Gasteiger partial charge in [-0.25, -0.2) is 9.36 Å². The summed E-state index contributed by atoms with van der Waals surface area (Å²) in [5, 5.41) is 110. The number of allylic oxidation sites excluding steroid dienone is 7. The Bertz CT molecular complexity index is 2250. The first kappa shape index (κ1) is 91.1. The van der Waals surface area contributed by atoms with Crippen molar-refractivity contribution in [2.45, 2.75) is 382 Å². The molecule has 100 heavy (non-hydrogen) atoms. The third-order valence-electron chi connectivity index (χ3n) is 18.7. The van der Waals surface area contributed by atoms with Crippen LogP contribution in [0.4, 0.5) is 0 Å². The maximum absolute atomic E-state index is 14.3. The molecule has 1 saturated carbocycles. The van der Waals surface area contributed by atoms with Crippen LogP contribution in [-0.4, -0.2) is 204 Å². The summed E-state index contributed by atoms with van der Waals surface area (Å²) in [5.74, 6) is -2.24. The molecule has 25 heteroatoms. The molecule has 0 aromatic carbocycles. The van der Waals surface area contributed by atoms with Crippen molar-refractivity contribution in [2.24, 2.45) is 0 Å². The molecule has 0 aromatic heterocycles. The minimum absolute atomic E-state index is 0.0352. The van der Waals surface area contributed by atoms with E-state index in [-0.39, 0.29) is 12.8 Å². The molecule has 0 bridgehead atoms. The maximum atomic E-state index is 14.3. The minimum Gasteiger partial charge on any atom is -0.462 e. The standard InChI is InChI=1S/C75H133O24P/c1-4-7-10-13-16-19-22-25-28-31-34-37-40-43-46-49-59(77)91-53-56(94-61(79)51-48-45-42-39-36-33-30-27-24-21-18-15-12-9-6-3)54-93-100(89,90)99-73-71(97-74-69(87)64(82)62(80)57(52-76)95-74)67(85)66(84)68(86)72(73)98-75-70(88)65(83)63(81)58(96-75)55-92-60(78)50-47-44-41-38-35-32-29-26-23-20-17-14-11-8-5-2/h19,21-22,24,41,44,47,50,56-58,62-76,80-88H,4-18,20,23,25-40,42-43,45-46,48-49,51-55H2,1-3H3,(H,89,90)/b22-19-,24-21-,44-41+,50-47+. The molecule has 0 radical (unpaired) electrons. The molecule has 2 aliphatic heterocycles. The summed E-state index contributed by atoms with van der Waals surface area (Å²) in [6.45, 7) is 3.33. The molecule has 2 heterocycles. The maximum Gasteiger partial charge on any atom is 0.472 e. The molecule has 582 valence electrons. The summed E-state index contributed by atoms with van der Waals surface area (Å²) in [6, 6.07) is 0. The van der Waals surface area contributed by atoms with Gasteiger partial charge in [-0.2, -0.15) is 0 Å². The molecule has 11 N–H and O–H groups in total. The summed E-state index contributed by atoms with van der Waals surface area (Å²) in [5.41, 5.74) is 0. The van der Waals surface area contributed by atoms with E-state index in [9.17, 15) is 74.9 Å². The fourth-order valence-electron chi connectivity index (χ4n) is 12.4. The van der Waals surface area contributed by atoms with Crippen LogP contribution in [0.15, 0.2) is 48.6 Å². The number of carbonyl (C=O) groups excluding carboxylic acids is 3. The Labute approximate surface area is 597 Å². The molecular weight excluding hydrogens is 1320 g/mol. The van der Waals surface area contributed by atoms with E-state index in [2.05, 4.69) is 45.1 Å². The third kappa shape index (κ3) is 38.8. The van der Waals surface area contributed by atoms with Crippen LogP contribution in [0.3, 0.4) is 0 Å². The molecule has 18 atom stereocenters. The summed E-state index contributed by atoms with van der Waals surface area (Å²) in [7, 11) is -5.71. The van der Waals surface area contributed by atoms with Gasteiger partial charge in [0, 0.05) is 18.9 Å². The van der Waals surface area contributed by atoms with Gasteiger partial charge >= 0.3 is 25.7 Å². The van der Waals surface area contributed by atoms with Crippen molar-refractivity contribution < 1.29 is 117 Å². The van der Waals surface area contributed by atoms with Gasteiger partial charge in [0.1, 0.15) is 98.7 Å². The van der Waals surface area contributed by atoms with E-state index in [1.54, 1.807) is 6.08 Å². The van der Waals surface area contributed by atoms with Crippen molar-refractivity contribution in [3.8, 4) is 0 Å². The molecule has 18 unspecified atom stereocenters. The summed E-state index contributed by atoms with van der Waals surface area (Å²) >= 11 is 0. The van der Waals surface area contributed by atoms with Crippen molar-refractivity contribution in [3.63, 3.8) is 0 Å². The number of unbranched alkanes of at least 4 members (excludes halogenated alkanes) is 33. The van der Waals surface area contributed by atoms with E-state index < -0.39 is 156 Å². The second kappa shape index (κ2) is 56.3. The van der Waals surface area contributed by atoms with E-state index in [0.717, 1.165) is 128 Å². The number of aliphatic hydroxyl groups is 10. The van der Waals surface area contributed by atoms with Crippen LogP contribution in [0.25, 0.3) is 0 Å². The summed E-state index contributed by atoms with van der Waals surface area (Å²) < 4.78 is 64.9. The highest BCUT2D eigenvalue weighted by Gasteiger charge is 2.58. The molecule has 0 spiro atoms. The Kier molecular flexibility index (Phi) is 51.3. The first-order chi connectivity index (χ1) is 48.3. The van der Waals surface area contributed by atoms with Gasteiger partial charge in [-0.05, 0) is 77.0 Å². The summed E-state index contributed by atoms with van der Waals surface area (Å²) in [6.07, 6.45) is 20.8. The zero-order valence-electron chi connectivity index (χ0n) is 60.7. The van der Waals surface area contributed by atoms with Crippen molar-refractivity contribution in [1.29, 1.82) is 0 Å². The zero-order chi connectivity index (χ0) is 73.2. The third-order valence-corrected chi connectivity index (χ3v) is 19.6. The fourth-order valence-corrected chi connectivity index (χ4v) is 13.3. The Hall–Kier alpha value is -3.08. The first-order valence-corrected chi connectivity index (χ1v) is 40.0. The molecule has 3 rings (SSSR count). The normalized spacial score (nSPS) is 27.6. The lowest BCUT2D eigenvalue weighted by Crippen LogP contribution is -2.69. The summed E-state index contributed by atoms with van der Waals surface area (Å²) in [4.78, 5) is 50.9. The fraction of sp³-hybridized carbons (Fsp3) is 0.853. The average molecular weight is 1450 g/mol. The van der Waals surface area contributed by atoms with Crippen LogP contribution in [-0.2, 0) is 61.2 Å². The Morgan fingerprint density at radius 1 is 0.410 bits per heavy atom. The van der Waals surface area contributed by atoms with Gasteiger partial charge in [0.05, 0.1) is 13.2 Å². The molecule has 3 aliphatic rings. The van der Waals surface area contributed by atoms with E-state index in [4.69, 9.17) is 42.2 Å². The average Bonchev–Trinajstić information content (AvgIpc) is 0.762. The number of carbonyl (C=O) groups is 3. The number of hydrogen-bond acceptors (Lipinski definition) is 23. The van der Waals surface area contributed by atoms with Crippen LogP contribution >= 0.6 is 7.82 Å². The number of phosphoric acid groups is 1. The Balaban J connectivity index is 1.74. The zero-order valence-corrected chi connectivity index (χ0v) is 61.6. The molecule has 3 fully saturated rings. The number of esters is 3. The van der Waals surface area contributed by atoms with Gasteiger partial charge in [0.2, 0.25) is 0 Å². The highest BCUT2D eigenvalue weighted by Crippen LogP contribution is 2.49. The van der Waals surface area contributed by atoms with Gasteiger partial charge < -0.3 is 89.1 Å². The topological polar surface area (TPSA) is 374 Å². The van der Waals surface area contributed by atoms with E-state index >= 15 is 0 Å². The molecule has 24 nitrogen and oxygen atoms in total. The van der Waals surface area contributed by atoms with Crippen LogP contribution in [0.1, 0.15) is 278 Å². The largest absolute Gasteiger partial charge is 0.472 e. The second-order valence-electron chi connectivity index (χ2n) is 27.4. The van der Waals surface area contributed by atoms with Crippen LogP contribution in [0, 0.1) is 0 Å². The van der Waals surface area contributed by atoms with Gasteiger partial charge in [-0.15, -0.1) is 0 Å². The van der Waals surface area contributed by atoms with Gasteiger partial charge in [0.15, 0.2) is 18.7 Å². The number of hydrogen-bond donors (Lipinski definition) is 11. The molecule has 1 aliphatic carbocycles. The lowest BCUT2D eigenvalue weighted by atomic mass is 9.84. The number of phosphoric ester groups is 1. The minimum atomic E-state index is -5.71. The molecule has 0 amide bonds. The Morgan fingerprint density at radius 2 is 0.780 bits per heavy atom. The number of rotatable bonds is 59. The SMILES string of the molecule is CCCCCC/C=C\CCCCCCCCCC(=O)OCC(COP(=O)(O)OC1C(OC2OC(CO)C(O)C(O)C2O)C(O)C(O)C(O)C1OC1OC(COC(=O)/C=C/C=C/CCCCCCCCCCCCC)C(O)C(O)C1O)OC(=O)CCCCCCCCC/C=C\CCCCCC. The van der Waals surface area contributed by atoms with Crippen molar-refractivity contribution >= 4 is 25.7 Å². The molecular formula is C75H133O24P. The van der Waals surface area contributed by atoms with Crippen LogP contribution in [0.2, 0.25) is 0 Å². The van der Waals surface area contributed by atoms with Crippen molar-refractivity contribution in [1.82, 2.24) is 0 Å². The smallest absolute Gasteiger partial charge is 0.462 e. The lowest BCUT2D eigenvalue weighted by Gasteiger charge is -2.49. The molecule has 0 aromatic rings. The van der Waals surface area contributed by atoms with E-state index in [1.165, 1.54) is 109 Å². The predicted molar refractivity (Wildman–Crippen MR) is 379 cm³/mol. The predicted octanol–water partition coefficient (Wildman–Crippen LogP) is 10.8. The first-order valence-electron chi connectivity index (χ1n) is 38.5. The van der Waals surface area contributed by atoms with Gasteiger partial charge in [-0.1, -0.05) is 230 Å². The van der Waals surface area contributed by atoms with Crippen molar-refractivity contribution in [3.05, 3.63) is 48.6 Å². The van der Waals surface area contributed by atoms with Gasteiger partial charge in [-0.3, -0.25) is 18.6 Å². The van der Waals surface area contributed by atoms with E-state index in [1.807, 2.05) is 6.08 Å². The second-order valence-corrected chi connectivity index (χ2v) is 28.8. The Morgan fingerprint density at radius 3 is 1.22 bits per heavy atom. The van der Waals surface area contributed by atoms with Crippen LogP contribution < -0.4 is 0 Å². The number of aliphatic hydroxyl groups excluding tert-OH is 10. The highest BCUT2D eigenvalue weighted by atomic mass is 31.2.